The molecule has 6 heteroatoms. The number of hydrogen-bond donors (Lipinski definition) is 1. The van der Waals surface area contributed by atoms with Crippen LogP contribution in [0, 0.1) is 0 Å². The second-order valence-electron chi connectivity index (χ2n) is 5.74. The fourth-order valence-corrected chi connectivity index (χ4v) is 2.54. The van der Waals surface area contributed by atoms with Gasteiger partial charge in [-0.05, 0) is 31.9 Å². The molecule has 22 heavy (non-hydrogen) atoms. The molecule has 1 atom stereocenters. The number of carboxylic acids is 1. The van der Waals surface area contributed by atoms with Crippen LogP contribution >= 0.6 is 0 Å². The summed E-state index contributed by atoms with van der Waals surface area (Å²) in [6.45, 7) is 3.48. The van der Waals surface area contributed by atoms with Gasteiger partial charge < -0.3 is 14.9 Å². The molecule has 2 rings (SSSR count). The van der Waals surface area contributed by atoms with E-state index in [1.54, 1.807) is 6.07 Å². The predicted octanol–water partition coefficient (Wildman–Crippen LogP) is 2.01. The molecule has 0 radical (unpaired) electrons. The van der Waals surface area contributed by atoms with E-state index < -0.39 is 12.0 Å². The highest BCUT2D eigenvalue weighted by Gasteiger charge is 2.23. The van der Waals surface area contributed by atoms with Gasteiger partial charge >= 0.3 is 5.97 Å². The van der Waals surface area contributed by atoms with Crippen molar-refractivity contribution in [2.24, 2.45) is 0 Å². The van der Waals surface area contributed by atoms with Crippen LogP contribution in [0.5, 0.6) is 0 Å². The van der Waals surface area contributed by atoms with E-state index in [-0.39, 0.29) is 5.91 Å². The van der Waals surface area contributed by atoms with Crippen molar-refractivity contribution < 1.29 is 14.7 Å². The van der Waals surface area contributed by atoms with Crippen molar-refractivity contribution in [2.45, 2.75) is 38.6 Å². The average molecular weight is 305 g/mol. The number of rotatable bonds is 4. The Balaban J connectivity index is 2.07. The molecule has 120 valence electrons. The number of pyridine rings is 1. The van der Waals surface area contributed by atoms with Gasteiger partial charge in [-0.25, -0.2) is 9.78 Å². The van der Waals surface area contributed by atoms with Crippen molar-refractivity contribution in [1.29, 1.82) is 0 Å². The monoisotopic (exact) mass is 305 g/mol. The highest BCUT2D eigenvalue weighted by atomic mass is 16.4. The molecule has 2 heterocycles. The summed E-state index contributed by atoms with van der Waals surface area (Å²) in [5.41, 5.74) is 0.411. The molecule has 1 saturated heterocycles. The number of nitrogens with zero attached hydrogens (tertiary/aromatic N) is 3. The third kappa shape index (κ3) is 3.75. The van der Waals surface area contributed by atoms with Gasteiger partial charge in [-0.2, -0.15) is 0 Å². The van der Waals surface area contributed by atoms with Gasteiger partial charge in [-0.3, -0.25) is 4.79 Å². The van der Waals surface area contributed by atoms with Crippen molar-refractivity contribution in [2.75, 3.05) is 25.0 Å². The molecule has 0 saturated carbocycles. The third-order valence-corrected chi connectivity index (χ3v) is 4.18. The summed E-state index contributed by atoms with van der Waals surface area (Å²) in [4.78, 5) is 31.0. The molecule has 0 spiro atoms. The molecule has 1 amide bonds. The number of carbonyl (C=O) groups is 2. The largest absolute Gasteiger partial charge is 0.480 e. The van der Waals surface area contributed by atoms with Gasteiger partial charge in [0, 0.05) is 26.3 Å². The predicted molar refractivity (Wildman–Crippen MR) is 84.1 cm³/mol. The highest BCUT2D eigenvalue weighted by molar-refractivity contribution is 5.96. The number of carboxylic acid groups (broad SMARTS) is 1. The van der Waals surface area contributed by atoms with E-state index in [4.69, 9.17) is 5.11 Å². The molecule has 0 bridgehead atoms. The molecule has 1 fully saturated rings. The van der Waals surface area contributed by atoms with E-state index in [0.717, 1.165) is 18.9 Å². The van der Waals surface area contributed by atoms with E-state index in [9.17, 15) is 9.59 Å². The van der Waals surface area contributed by atoms with Crippen LogP contribution in [0.2, 0.25) is 0 Å². The maximum Gasteiger partial charge on any atom is 0.326 e. The zero-order valence-corrected chi connectivity index (χ0v) is 13.2. The zero-order valence-electron chi connectivity index (χ0n) is 13.2. The summed E-state index contributed by atoms with van der Waals surface area (Å²) in [6, 6.07) is 2.70. The molecule has 1 aliphatic rings. The summed E-state index contributed by atoms with van der Waals surface area (Å²) in [5.74, 6) is -0.470. The second kappa shape index (κ2) is 7.24. The van der Waals surface area contributed by atoms with Gasteiger partial charge in [-0.1, -0.05) is 12.8 Å². The first-order valence-electron chi connectivity index (χ1n) is 7.71. The quantitative estimate of drug-likeness (QED) is 0.921. The van der Waals surface area contributed by atoms with Gasteiger partial charge in [0.2, 0.25) is 0 Å². The fraction of sp³-hybridized carbons (Fsp3) is 0.562. The van der Waals surface area contributed by atoms with Gasteiger partial charge in [0.05, 0.1) is 5.56 Å². The molecular weight excluding hydrogens is 282 g/mol. The van der Waals surface area contributed by atoms with Crippen LogP contribution in [0.1, 0.15) is 43.0 Å². The van der Waals surface area contributed by atoms with E-state index in [1.165, 1.54) is 50.8 Å². The Kier molecular flexibility index (Phi) is 5.35. The second-order valence-corrected chi connectivity index (χ2v) is 5.74. The number of anilines is 1. The van der Waals surface area contributed by atoms with Gasteiger partial charge in [0.25, 0.3) is 5.91 Å². The minimum absolute atomic E-state index is 0.329. The number of carbonyl (C=O) groups excluding carboxylic acids is 1. The van der Waals surface area contributed by atoms with E-state index in [1.807, 2.05) is 6.07 Å². The van der Waals surface area contributed by atoms with Crippen molar-refractivity contribution in [3.8, 4) is 0 Å². The van der Waals surface area contributed by atoms with Crippen LogP contribution in [-0.2, 0) is 4.79 Å². The zero-order chi connectivity index (χ0) is 16.1. The Hall–Kier alpha value is -2.11. The standard InChI is InChI=1S/C16H23N3O3/c1-12(16(21)22)18(2)15(20)13-7-8-14(17-11-13)19-9-5-3-4-6-10-19/h7-8,11-12H,3-6,9-10H2,1-2H3,(H,21,22)/t12-/m1/s1. The Labute approximate surface area is 130 Å². The van der Waals surface area contributed by atoms with Crippen molar-refractivity contribution >= 4 is 17.7 Å². The van der Waals surface area contributed by atoms with Gasteiger partial charge in [-0.15, -0.1) is 0 Å². The molecule has 1 aromatic rings. The lowest BCUT2D eigenvalue weighted by molar-refractivity contribution is -0.141. The summed E-state index contributed by atoms with van der Waals surface area (Å²) in [6.07, 6.45) is 6.38. The maximum absolute atomic E-state index is 12.2. The number of amides is 1. The summed E-state index contributed by atoms with van der Waals surface area (Å²) < 4.78 is 0. The molecule has 1 aromatic heterocycles. The number of aromatic nitrogens is 1. The number of aliphatic carboxylic acids is 1. The first kappa shape index (κ1) is 16.3. The molecular formula is C16H23N3O3. The lowest BCUT2D eigenvalue weighted by atomic mass is 10.2. The fourth-order valence-electron chi connectivity index (χ4n) is 2.54. The molecule has 6 nitrogen and oxygen atoms in total. The first-order valence-corrected chi connectivity index (χ1v) is 7.71. The first-order chi connectivity index (χ1) is 10.5. The molecule has 0 unspecified atom stereocenters. The van der Waals surface area contributed by atoms with Crippen molar-refractivity contribution in [3.05, 3.63) is 23.9 Å². The summed E-state index contributed by atoms with van der Waals surface area (Å²) in [5, 5.41) is 8.97. The van der Waals surface area contributed by atoms with E-state index in [2.05, 4.69) is 9.88 Å². The van der Waals surface area contributed by atoms with Crippen molar-refractivity contribution in [3.63, 3.8) is 0 Å². The van der Waals surface area contributed by atoms with Crippen LogP contribution in [-0.4, -0.2) is 53.0 Å². The minimum atomic E-state index is -1.02. The van der Waals surface area contributed by atoms with Gasteiger partial charge in [0.1, 0.15) is 11.9 Å². The van der Waals surface area contributed by atoms with E-state index >= 15 is 0 Å². The highest BCUT2D eigenvalue weighted by Crippen LogP contribution is 2.18. The Morgan fingerprint density at radius 1 is 1.23 bits per heavy atom. The topological polar surface area (TPSA) is 73.7 Å². The average Bonchev–Trinajstić information content (AvgIpc) is 2.82. The lowest BCUT2D eigenvalue weighted by Gasteiger charge is -2.23. The maximum atomic E-state index is 12.2. The summed E-state index contributed by atoms with van der Waals surface area (Å²) in [7, 11) is 1.49. The molecule has 0 aliphatic carbocycles. The molecule has 0 aromatic carbocycles. The Bertz CT molecular complexity index is 522. The lowest BCUT2D eigenvalue weighted by Crippen LogP contribution is -2.40. The van der Waals surface area contributed by atoms with Crippen molar-refractivity contribution in [1.82, 2.24) is 9.88 Å². The van der Waals surface area contributed by atoms with E-state index in [0.29, 0.717) is 5.56 Å². The molecule has 1 N–H and O–H groups in total. The Morgan fingerprint density at radius 3 is 2.36 bits per heavy atom. The van der Waals surface area contributed by atoms with Crippen LogP contribution in [0.15, 0.2) is 18.3 Å². The smallest absolute Gasteiger partial charge is 0.326 e. The number of likely N-dealkylation sites (N-methyl/N-ethyl adjacent to an activating group) is 1. The summed E-state index contributed by atoms with van der Waals surface area (Å²) >= 11 is 0. The van der Waals surface area contributed by atoms with Crippen LogP contribution in [0.25, 0.3) is 0 Å². The Morgan fingerprint density at radius 2 is 1.86 bits per heavy atom. The van der Waals surface area contributed by atoms with Gasteiger partial charge in [0.15, 0.2) is 0 Å². The normalized spacial score (nSPS) is 16.7. The van der Waals surface area contributed by atoms with Crippen LogP contribution in [0.3, 0.4) is 0 Å². The van der Waals surface area contributed by atoms with Crippen LogP contribution < -0.4 is 4.90 Å². The SMILES string of the molecule is C[C@H](C(=O)O)N(C)C(=O)c1ccc(N2CCCCCC2)nc1. The third-order valence-electron chi connectivity index (χ3n) is 4.18. The molecule has 1 aliphatic heterocycles. The number of hydrogen-bond acceptors (Lipinski definition) is 4. The minimum Gasteiger partial charge on any atom is -0.480 e. The van der Waals surface area contributed by atoms with Crippen LogP contribution in [0.4, 0.5) is 5.82 Å².